The smallest absolute Gasteiger partial charge is 0.341 e. The lowest BCUT2D eigenvalue weighted by Gasteiger charge is -2.05. The van der Waals surface area contributed by atoms with E-state index in [-0.39, 0.29) is 11.4 Å². The highest BCUT2D eigenvalue weighted by Crippen LogP contribution is 2.16. The Balaban J connectivity index is 2.31. The van der Waals surface area contributed by atoms with Crippen molar-refractivity contribution >= 4 is 17.5 Å². The number of nitrogens with one attached hydrogen (secondary N) is 1. The zero-order valence-electron chi connectivity index (χ0n) is 8.16. The average Bonchev–Trinajstić information content (AvgIpc) is 2.31. The lowest BCUT2D eigenvalue weighted by atomic mass is 10.3. The minimum atomic E-state index is -1.10. The van der Waals surface area contributed by atoms with Crippen LogP contribution in [0.4, 0.5) is 11.5 Å². The quantitative estimate of drug-likeness (QED) is 0.804. The summed E-state index contributed by atoms with van der Waals surface area (Å²) in [5.74, 6) is -0.922. The standard InChI is InChI=1S/C10H8N4O2/c15-10(16)8-6-11-14-13-9(8)12-7-4-2-1-3-5-7/h1-6H,(H,15,16)(H,11,12,13). The van der Waals surface area contributed by atoms with E-state index >= 15 is 0 Å². The summed E-state index contributed by atoms with van der Waals surface area (Å²) in [5.41, 5.74) is 0.726. The van der Waals surface area contributed by atoms with E-state index in [0.29, 0.717) is 0 Å². The van der Waals surface area contributed by atoms with Crippen molar-refractivity contribution in [2.45, 2.75) is 0 Å². The van der Waals surface area contributed by atoms with Crippen molar-refractivity contribution in [1.82, 2.24) is 15.4 Å². The number of nitrogens with zero attached hydrogens (tertiary/aromatic N) is 3. The third-order valence-electron chi connectivity index (χ3n) is 1.91. The molecule has 16 heavy (non-hydrogen) atoms. The van der Waals surface area contributed by atoms with Gasteiger partial charge in [-0.3, -0.25) is 0 Å². The lowest BCUT2D eigenvalue weighted by molar-refractivity contribution is 0.0697. The first-order chi connectivity index (χ1) is 7.77. The number of anilines is 2. The van der Waals surface area contributed by atoms with E-state index in [9.17, 15) is 4.79 Å². The molecular formula is C10H8N4O2. The summed E-state index contributed by atoms with van der Waals surface area (Å²) in [6.07, 6.45) is 1.15. The predicted molar refractivity (Wildman–Crippen MR) is 56.5 cm³/mol. The van der Waals surface area contributed by atoms with Gasteiger partial charge in [-0.05, 0) is 17.3 Å². The van der Waals surface area contributed by atoms with Crippen LogP contribution in [-0.4, -0.2) is 26.5 Å². The average molecular weight is 216 g/mol. The number of aromatic nitrogens is 3. The van der Waals surface area contributed by atoms with Gasteiger partial charge < -0.3 is 10.4 Å². The Morgan fingerprint density at radius 3 is 2.69 bits per heavy atom. The number of carboxylic acids is 1. The fraction of sp³-hybridized carbons (Fsp3) is 0. The number of hydrogen-bond donors (Lipinski definition) is 2. The van der Waals surface area contributed by atoms with Gasteiger partial charge >= 0.3 is 5.97 Å². The Kier molecular flexibility index (Phi) is 2.73. The SMILES string of the molecule is O=C(O)c1cnnnc1Nc1ccccc1. The maximum Gasteiger partial charge on any atom is 0.341 e. The molecule has 80 valence electrons. The summed E-state index contributed by atoms with van der Waals surface area (Å²) in [5, 5.41) is 22.2. The number of benzene rings is 1. The van der Waals surface area contributed by atoms with Crippen molar-refractivity contribution in [1.29, 1.82) is 0 Å². The molecule has 2 N–H and O–H groups in total. The molecule has 1 aromatic heterocycles. The molecule has 0 aliphatic rings. The highest BCUT2D eigenvalue weighted by atomic mass is 16.4. The zero-order valence-corrected chi connectivity index (χ0v) is 8.16. The second kappa shape index (κ2) is 4.35. The van der Waals surface area contributed by atoms with Gasteiger partial charge in [0.2, 0.25) is 0 Å². The molecule has 6 nitrogen and oxygen atoms in total. The highest BCUT2D eigenvalue weighted by molar-refractivity contribution is 5.93. The van der Waals surface area contributed by atoms with E-state index in [0.717, 1.165) is 11.9 Å². The first-order valence-corrected chi connectivity index (χ1v) is 4.51. The van der Waals surface area contributed by atoms with E-state index in [1.165, 1.54) is 0 Å². The molecule has 0 aliphatic heterocycles. The summed E-state index contributed by atoms with van der Waals surface area (Å²) < 4.78 is 0. The molecule has 6 heteroatoms. The van der Waals surface area contributed by atoms with E-state index < -0.39 is 5.97 Å². The molecule has 0 amide bonds. The summed E-state index contributed by atoms with van der Waals surface area (Å²) in [6.45, 7) is 0. The van der Waals surface area contributed by atoms with Crippen molar-refractivity contribution in [3.05, 3.63) is 42.1 Å². The van der Waals surface area contributed by atoms with Crippen molar-refractivity contribution in [2.75, 3.05) is 5.32 Å². The Labute approximate surface area is 91.0 Å². The number of hydrogen-bond acceptors (Lipinski definition) is 5. The molecule has 0 bridgehead atoms. The van der Waals surface area contributed by atoms with Gasteiger partial charge in [-0.15, -0.1) is 10.2 Å². The number of carboxylic acid groups (broad SMARTS) is 1. The van der Waals surface area contributed by atoms with E-state index in [1.54, 1.807) is 12.1 Å². The number of aromatic carboxylic acids is 1. The minimum Gasteiger partial charge on any atom is -0.477 e. The third-order valence-corrected chi connectivity index (χ3v) is 1.91. The maximum atomic E-state index is 10.9. The zero-order chi connectivity index (χ0) is 11.4. The molecule has 0 fully saturated rings. The van der Waals surface area contributed by atoms with Crippen LogP contribution in [0.25, 0.3) is 0 Å². The predicted octanol–water partition coefficient (Wildman–Crippen LogP) is 1.31. The normalized spacial score (nSPS) is 9.75. The fourth-order valence-corrected chi connectivity index (χ4v) is 1.18. The van der Waals surface area contributed by atoms with Crippen molar-refractivity contribution in [2.24, 2.45) is 0 Å². The largest absolute Gasteiger partial charge is 0.477 e. The topological polar surface area (TPSA) is 88.0 Å². The second-order valence-electron chi connectivity index (χ2n) is 2.99. The molecular weight excluding hydrogens is 208 g/mol. The van der Waals surface area contributed by atoms with Gasteiger partial charge in [0.05, 0.1) is 6.20 Å². The molecule has 0 spiro atoms. The molecule has 0 aliphatic carbocycles. The Morgan fingerprint density at radius 2 is 2.00 bits per heavy atom. The number of para-hydroxylation sites is 1. The number of carbonyl (C=O) groups is 1. The Morgan fingerprint density at radius 1 is 1.25 bits per heavy atom. The monoisotopic (exact) mass is 216 g/mol. The summed E-state index contributed by atoms with van der Waals surface area (Å²) >= 11 is 0. The molecule has 0 saturated carbocycles. The van der Waals surface area contributed by atoms with Gasteiger partial charge in [-0.1, -0.05) is 18.2 Å². The van der Waals surface area contributed by atoms with Crippen molar-refractivity contribution in [3.8, 4) is 0 Å². The molecule has 0 unspecified atom stereocenters. The molecule has 1 aromatic carbocycles. The van der Waals surface area contributed by atoms with Gasteiger partial charge in [-0.2, -0.15) is 0 Å². The fourth-order valence-electron chi connectivity index (χ4n) is 1.18. The van der Waals surface area contributed by atoms with Gasteiger partial charge in [0.1, 0.15) is 5.56 Å². The van der Waals surface area contributed by atoms with E-state index in [2.05, 4.69) is 20.7 Å². The molecule has 1 heterocycles. The van der Waals surface area contributed by atoms with Crippen LogP contribution in [0.1, 0.15) is 10.4 Å². The third kappa shape index (κ3) is 2.11. The Hall–Kier alpha value is -2.50. The van der Waals surface area contributed by atoms with Crippen LogP contribution in [0.15, 0.2) is 36.5 Å². The van der Waals surface area contributed by atoms with Crippen LogP contribution in [0.2, 0.25) is 0 Å². The second-order valence-corrected chi connectivity index (χ2v) is 2.99. The number of rotatable bonds is 3. The maximum absolute atomic E-state index is 10.9. The van der Waals surface area contributed by atoms with Gasteiger partial charge in [0.25, 0.3) is 0 Å². The molecule has 0 radical (unpaired) electrons. The minimum absolute atomic E-state index is 0.0150. The van der Waals surface area contributed by atoms with Crippen molar-refractivity contribution < 1.29 is 9.90 Å². The van der Waals surface area contributed by atoms with E-state index in [1.807, 2.05) is 18.2 Å². The molecule has 2 aromatic rings. The molecule has 0 saturated heterocycles. The molecule has 0 atom stereocenters. The summed E-state index contributed by atoms with van der Waals surface area (Å²) in [6, 6.07) is 9.12. The summed E-state index contributed by atoms with van der Waals surface area (Å²) in [7, 11) is 0. The lowest BCUT2D eigenvalue weighted by Crippen LogP contribution is -2.07. The van der Waals surface area contributed by atoms with Gasteiger partial charge in [0, 0.05) is 5.69 Å². The first-order valence-electron chi connectivity index (χ1n) is 4.51. The van der Waals surface area contributed by atoms with Crippen molar-refractivity contribution in [3.63, 3.8) is 0 Å². The van der Waals surface area contributed by atoms with E-state index in [4.69, 9.17) is 5.11 Å². The molecule has 2 rings (SSSR count). The van der Waals surface area contributed by atoms with Crippen LogP contribution in [0, 0.1) is 0 Å². The first kappa shape index (κ1) is 10.0. The van der Waals surface area contributed by atoms with Crippen LogP contribution < -0.4 is 5.32 Å². The van der Waals surface area contributed by atoms with Crippen LogP contribution >= 0.6 is 0 Å². The van der Waals surface area contributed by atoms with Crippen LogP contribution in [-0.2, 0) is 0 Å². The Bertz CT molecular complexity index is 501. The van der Waals surface area contributed by atoms with Crippen LogP contribution in [0.3, 0.4) is 0 Å². The highest BCUT2D eigenvalue weighted by Gasteiger charge is 2.11. The van der Waals surface area contributed by atoms with Gasteiger partial charge in [0.15, 0.2) is 5.82 Å². The van der Waals surface area contributed by atoms with Crippen LogP contribution in [0.5, 0.6) is 0 Å². The van der Waals surface area contributed by atoms with Gasteiger partial charge in [-0.25, -0.2) is 4.79 Å². The summed E-state index contributed by atoms with van der Waals surface area (Å²) in [4.78, 5) is 10.9.